The summed E-state index contributed by atoms with van der Waals surface area (Å²) < 4.78 is 12.5. The molecule has 0 aromatic heterocycles. The van der Waals surface area contributed by atoms with Gasteiger partial charge in [0.25, 0.3) is 0 Å². The summed E-state index contributed by atoms with van der Waals surface area (Å²) in [5, 5.41) is 0. The minimum Gasteiger partial charge on any atom is -0.0654 e. The summed E-state index contributed by atoms with van der Waals surface area (Å²) in [6.45, 7) is 6.41. The van der Waals surface area contributed by atoms with E-state index in [1.54, 1.807) is 0 Å². The summed E-state index contributed by atoms with van der Waals surface area (Å²) in [6.07, 6.45) is 47.6. The van der Waals surface area contributed by atoms with Crippen molar-refractivity contribution in [3.63, 3.8) is 0 Å². The predicted molar refractivity (Wildman–Crippen MR) is 188 cm³/mol. The normalized spacial score (nSPS) is 12.4. The molecule has 0 unspecified atom stereocenters. The molecule has 0 N–H and O–H groups in total. The van der Waals surface area contributed by atoms with Crippen molar-refractivity contribution >= 4 is 19.2 Å². The second-order valence-electron chi connectivity index (χ2n) is 13.0. The minimum absolute atomic E-state index is 0.914. The van der Waals surface area contributed by atoms with E-state index in [2.05, 4.69) is 48.0 Å². The van der Waals surface area contributed by atoms with Crippen molar-refractivity contribution in [3.8, 4) is 0 Å². The van der Waals surface area contributed by atoms with Crippen LogP contribution in [0.15, 0.2) is 24.3 Å². The van der Waals surface area contributed by atoms with Gasteiger partial charge >= 0.3 is 175 Å². The first-order valence-electron chi connectivity index (χ1n) is 18.7. The molecule has 0 fully saturated rings. The Kier molecular flexibility index (Phi) is 34.9. The molecule has 0 bridgehead atoms. The molecule has 0 atom stereocenters. The molecule has 0 aliphatic heterocycles. The Balaban J connectivity index is 3.34. The van der Waals surface area contributed by atoms with Crippen molar-refractivity contribution in [2.75, 3.05) is 13.2 Å². The molecule has 0 aromatic rings. The Hall–Kier alpha value is 0.199. The minimum atomic E-state index is -2.70. The summed E-state index contributed by atoms with van der Waals surface area (Å²) in [4.78, 5) is 4.57. The van der Waals surface area contributed by atoms with Gasteiger partial charge in [0.2, 0.25) is 0 Å². The van der Waals surface area contributed by atoms with Gasteiger partial charge in [0.15, 0.2) is 0 Å². The van der Waals surface area contributed by atoms with Gasteiger partial charge < -0.3 is 0 Å². The summed E-state index contributed by atoms with van der Waals surface area (Å²) in [5.74, 6) is 0. The van der Waals surface area contributed by atoms with Gasteiger partial charge in [-0.15, -0.1) is 0 Å². The molecule has 41 heavy (non-hydrogen) atoms. The van der Waals surface area contributed by atoms with E-state index >= 15 is 0 Å². The third-order valence-electron chi connectivity index (χ3n) is 8.21. The first-order valence-corrected chi connectivity index (χ1v) is 26.7. The van der Waals surface area contributed by atoms with Gasteiger partial charge in [0.1, 0.15) is 0 Å². The van der Waals surface area contributed by atoms with E-state index in [9.17, 15) is 0 Å². The van der Waals surface area contributed by atoms with Crippen molar-refractivity contribution in [1.29, 1.82) is 0 Å². The third-order valence-corrected chi connectivity index (χ3v) is 13.3. The average Bonchev–Trinajstić information content (AvgIpc) is 2.96. The number of hydrogen-bond donors (Lipinski definition) is 0. The number of hydrogen-bond acceptors (Lipinski definition) is 2. The molecule has 0 radical (unpaired) electrons. The van der Waals surface area contributed by atoms with Crippen molar-refractivity contribution in [2.24, 2.45) is 0 Å². The quantitative estimate of drug-likeness (QED) is 0.0382. The van der Waals surface area contributed by atoms with Gasteiger partial charge in [-0.25, -0.2) is 0 Å². The van der Waals surface area contributed by atoms with Crippen LogP contribution >= 0.6 is 0 Å². The number of unbranched alkanes of at least 4 members (excludes halogenated alkanes) is 24. The van der Waals surface area contributed by atoms with E-state index in [-0.39, 0.29) is 0 Å². The van der Waals surface area contributed by atoms with E-state index < -0.39 is 19.2 Å². The number of rotatable bonds is 34. The van der Waals surface area contributed by atoms with Crippen LogP contribution in [0.4, 0.5) is 0 Å². The smallest absolute Gasteiger partial charge is 0.0654 e. The van der Waals surface area contributed by atoms with Crippen molar-refractivity contribution in [1.82, 2.24) is 0 Å². The molecular formula is C38H76O2Sn. The summed E-state index contributed by atoms with van der Waals surface area (Å²) in [5.41, 5.74) is 0. The molecule has 0 aromatic carbocycles. The van der Waals surface area contributed by atoms with Crippen LogP contribution in [-0.2, 0) is 6.15 Å². The van der Waals surface area contributed by atoms with Crippen LogP contribution in [0.2, 0.25) is 9.88 Å². The maximum atomic E-state index is 6.25. The Labute approximate surface area is 265 Å². The zero-order chi connectivity index (χ0) is 30.0. The topological polar surface area (TPSA) is 18.5 Å². The van der Waals surface area contributed by atoms with Crippen molar-refractivity contribution in [2.45, 2.75) is 204 Å². The molecule has 3 heteroatoms. The van der Waals surface area contributed by atoms with Crippen LogP contribution in [-0.4, -0.2) is 32.4 Å². The summed E-state index contributed by atoms with van der Waals surface area (Å²) in [7, 11) is 0. The van der Waals surface area contributed by atoms with Gasteiger partial charge in [-0.3, -0.25) is 0 Å². The predicted octanol–water partition coefficient (Wildman–Crippen LogP) is 13.8. The van der Waals surface area contributed by atoms with E-state index in [0.717, 1.165) is 13.2 Å². The van der Waals surface area contributed by atoms with Crippen molar-refractivity contribution < 1.29 is 6.15 Å². The fourth-order valence-corrected chi connectivity index (χ4v) is 9.24. The van der Waals surface area contributed by atoms with Crippen LogP contribution in [0.3, 0.4) is 0 Å². The molecule has 0 heterocycles. The second-order valence-corrected chi connectivity index (χ2v) is 22.6. The second kappa shape index (κ2) is 34.7. The van der Waals surface area contributed by atoms with E-state index in [1.165, 1.54) is 180 Å². The zero-order valence-electron chi connectivity index (χ0n) is 28.8. The molecule has 0 aliphatic carbocycles. The molecular weight excluding hydrogens is 607 g/mol. The zero-order valence-corrected chi connectivity index (χ0v) is 31.7. The molecule has 0 rings (SSSR count). The Morgan fingerprint density at radius 3 is 0.878 bits per heavy atom. The van der Waals surface area contributed by atoms with E-state index in [0.29, 0.717) is 0 Å². The van der Waals surface area contributed by atoms with Gasteiger partial charge in [-0.05, 0) is 12.8 Å². The van der Waals surface area contributed by atoms with Crippen LogP contribution in [0.5, 0.6) is 0 Å². The third kappa shape index (κ3) is 36.3. The molecule has 244 valence electrons. The summed E-state index contributed by atoms with van der Waals surface area (Å²) >= 11 is -2.70. The first-order chi connectivity index (χ1) is 20.1. The Morgan fingerprint density at radius 2 is 0.585 bits per heavy atom. The molecule has 0 aliphatic rings. The Morgan fingerprint density at radius 1 is 0.341 bits per heavy atom. The van der Waals surface area contributed by atoms with E-state index in [4.69, 9.17) is 6.15 Å². The molecule has 2 nitrogen and oxygen atoms in total. The van der Waals surface area contributed by atoms with Gasteiger partial charge in [0, 0.05) is 0 Å². The molecule has 0 saturated carbocycles. The van der Waals surface area contributed by atoms with E-state index in [1.807, 2.05) is 0 Å². The first kappa shape index (κ1) is 41.2. The molecule has 0 saturated heterocycles. The van der Waals surface area contributed by atoms with Crippen LogP contribution in [0, 0.1) is 0 Å². The SMILES string of the molecule is CCCCCCCC/C=C\CCCCCCCC[O][Sn]([CH3])([CH3])[O]CCCCCCCC/C=C\CCCCCCCC. The van der Waals surface area contributed by atoms with Crippen LogP contribution in [0.25, 0.3) is 0 Å². The van der Waals surface area contributed by atoms with Gasteiger partial charge in [-0.1, -0.05) is 78.1 Å². The number of allylic oxidation sites excluding steroid dienone is 4. The summed E-state index contributed by atoms with van der Waals surface area (Å²) in [6, 6.07) is 0. The van der Waals surface area contributed by atoms with Crippen LogP contribution in [0.1, 0.15) is 194 Å². The monoisotopic (exact) mass is 684 g/mol. The van der Waals surface area contributed by atoms with Crippen LogP contribution < -0.4 is 0 Å². The average molecular weight is 684 g/mol. The Bertz CT molecular complexity index is 496. The standard InChI is InChI=1S/2C18H35O.2CH3.Sn/c2*1-2-3-4-5-6-7-8-9-10-11-12-13-14-15-16-17-18-19;;;/h2*9-10H,2-8,11-18H2,1H3;2*1H3;/q2*-1;;;+2/b2*10-9-;;;. The fourth-order valence-electron chi connectivity index (χ4n) is 5.38. The maximum absolute atomic E-state index is 6.25. The molecule has 0 amide bonds. The molecule has 0 spiro atoms. The van der Waals surface area contributed by atoms with Gasteiger partial charge in [0.05, 0.1) is 0 Å². The van der Waals surface area contributed by atoms with Crippen molar-refractivity contribution in [3.05, 3.63) is 24.3 Å². The van der Waals surface area contributed by atoms with Gasteiger partial charge in [-0.2, -0.15) is 0 Å². The fraction of sp³-hybridized carbons (Fsp3) is 0.895.